The summed E-state index contributed by atoms with van der Waals surface area (Å²) >= 11 is 1.59. The minimum Gasteiger partial charge on any atom is -0.383 e. The third-order valence-electron chi connectivity index (χ3n) is 5.93. The lowest BCUT2D eigenvalue weighted by atomic mass is 9.89. The van der Waals surface area contributed by atoms with Crippen molar-refractivity contribution in [3.8, 4) is 10.4 Å². The molecule has 0 bridgehead atoms. The van der Waals surface area contributed by atoms with Crippen molar-refractivity contribution >= 4 is 34.7 Å². The fourth-order valence-corrected chi connectivity index (χ4v) is 4.77. The molecular weight excluding hydrogens is 422 g/mol. The number of thiazole rings is 1. The van der Waals surface area contributed by atoms with Gasteiger partial charge in [-0.2, -0.15) is 0 Å². The summed E-state index contributed by atoms with van der Waals surface area (Å²) in [5.41, 5.74) is 11.1. The molecule has 8 heteroatoms. The first-order chi connectivity index (χ1) is 15.5. The number of nitrogens with two attached hydrogens (primary N) is 1. The Labute approximate surface area is 191 Å². The topological polar surface area (TPSA) is 101 Å². The van der Waals surface area contributed by atoms with Crippen LogP contribution in [-0.4, -0.2) is 33.2 Å². The van der Waals surface area contributed by atoms with Gasteiger partial charge in [0.1, 0.15) is 5.82 Å². The van der Waals surface area contributed by atoms with Crippen LogP contribution in [0.15, 0.2) is 48.2 Å². The molecule has 3 aromatic rings. The van der Waals surface area contributed by atoms with Gasteiger partial charge < -0.3 is 16.0 Å². The van der Waals surface area contributed by atoms with Gasteiger partial charge in [0.05, 0.1) is 28.3 Å². The van der Waals surface area contributed by atoms with Gasteiger partial charge in [0.25, 0.3) is 0 Å². The number of carbonyl (C=O) groups excluding carboxylic acids is 2. The van der Waals surface area contributed by atoms with Gasteiger partial charge in [-0.15, -0.1) is 11.3 Å². The van der Waals surface area contributed by atoms with Crippen LogP contribution in [0.1, 0.15) is 43.9 Å². The first-order valence-electron chi connectivity index (χ1n) is 10.8. The highest BCUT2D eigenvalue weighted by atomic mass is 32.1. The maximum Gasteiger partial charge on any atom is 0.313 e. The predicted octanol–water partition coefficient (Wildman–Crippen LogP) is 4.29. The molecule has 1 aliphatic rings. The van der Waals surface area contributed by atoms with Crippen molar-refractivity contribution < 1.29 is 9.59 Å². The molecule has 2 atom stereocenters. The Bertz CT molecular complexity index is 1100. The number of nitrogens with zero attached hydrogens (tertiary/aromatic N) is 3. The second-order valence-corrected chi connectivity index (χ2v) is 9.11. The monoisotopic (exact) mass is 449 g/mol. The van der Waals surface area contributed by atoms with E-state index in [0.717, 1.165) is 34.4 Å². The number of piperidine rings is 1. The van der Waals surface area contributed by atoms with E-state index in [1.165, 1.54) is 6.20 Å². The minimum absolute atomic E-state index is 0.129. The van der Waals surface area contributed by atoms with Crippen molar-refractivity contribution in [2.75, 3.05) is 17.6 Å². The highest BCUT2D eigenvalue weighted by molar-refractivity contribution is 7.13. The molecule has 0 spiro atoms. The van der Waals surface area contributed by atoms with E-state index in [1.54, 1.807) is 22.3 Å². The fourth-order valence-electron chi connectivity index (χ4n) is 4.14. The SMILES string of the molecule is CCc1cc(NC(=O)C(=O)N2CC(C)CCC2c2ccc(-c3cncs3)cc2)cnc1N. The Morgan fingerprint density at radius 1 is 1.22 bits per heavy atom. The molecule has 3 heterocycles. The van der Waals surface area contributed by atoms with E-state index in [4.69, 9.17) is 5.73 Å². The van der Waals surface area contributed by atoms with Gasteiger partial charge in [-0.3, -0.25) is 14.6 Å². The van der Waals surface area contributed by atoms with Crippen LogP contribution in [0.2, 0.25) is 0 Å². The first kappa shape index (κ1) is 22.0. The van der Waals surface area contributed by atoms with Gasteiger partial charge in [0, 0.05) is 12.7 Å². The van der Waals surface area contributed by atoms with Gasteiger partial charge in [-0.25, -0.2) is 4.98 Å². The van der Waals surface area contributed by atoms with Crippen molar-refractivity contribution in [1.82, 2.24) is 14.9 Å². The Morgan fingerprint density at radius 3 is 2.69 bits per heavy atom. The number of aromatic nitrogens is 2. The van der Waals surface area contributed by atoms with Crippen molar-refractivity contribution in [3.63, 3.8) is 0 Å². The number of nitrogens with one attached hydrogen (secondary N) is 1. The number of likely N-dealkylation sites (tertiary alicyclic amines) is 1. The summed E-state index contributed by atoms with van der Waals surface area (Å²) < 4.78 is 0. The lowest BCUT2D eigenvalue weighted by molar-refractivity contribution is -0.146. The summed E-state index contributed by atoms with van der Waals surface area (Å²) in [4.78, 5) is 37.0. The Kier molecular flexibility index (Phi) is 6.50. The van der Waals surface area contributed by atoms with Gasteiger partial charge in [-0.05, 0) is 47.9 Å². The minimum atomic E-state index is -0.654. The summed E-state index contributed by atoms with van der Waals surface area (Å²) in [7, 11) is 0. The Morgan fingerprint density at radius 2 is 2.00 bits per heavy atom. The lowest BCUT2D eigenvalue weighted by Crippen LogP contribution is -2.46. The second-order valence-electron chi connectivity index (χ2n) is 8.22. The molecule has 166 valence electrons. The average molecular weight is 450 g/mol. The largest absolute Gasteiger partial charge is 0.383 e. The van der Waals surface area contributed by atoms with Gasteiger partial charge in [0.15, 0.2) is 0 Å². The molecule has 4 rings (SSSR count). The molecule has 2 aromatic heterocycles. The Hall–Kier alpha value is -3.26. The van der Waals surface area contributed by atoms with E-state index in [-0.39, 0.29) is 6.04 Å². The number of hydrogen-bond acceptors (Lipinski definition) is 6. The molecule has 32 heavy (non-hydrogen) atoms. The quantitative estimate of drug-likeness (QED) is 0.579. The van der Waals surface area contributed by atoms with Gasteiger partial charge >= 0.3 is 11.8 Å². The number of aryl methyl sites for hydroxylation is 1. The number of amides is 2. The van der Waals surface area contributed by atoms with E-state index in [2.05, 4.69) is 34.3 Å². The van der Waals surface area contributed by atoms with Crippen molar-refractivity contribution in [2.24, 2.45) is 5.92 Å². The number of pyridine rings is 1. The second kappa shape index (κ2) is 9.48. The molecule has 0 aliphatic carbocycles. The zero-order valence-corrected chi connectivity index (χ0v) is 19.1. The molecule has 1 saturated heterocycles. The number of anilines is 2. The summed E-state index contributed by atoms with van der Waals surface area (Å²) in [5.74, 6) is -0.408. The fraction of sp³-hybridized carbons (Fsp3) is 0.333. The number of carbonyl (C=O) groups is 2. The summed E-state index contributed by atoms with van der Waals surface area (Å²) in [6, 6.07) is 9.83. The number of hydrogen-bond donors (Lipinski definition) is 2. The third kappa shape index (κ3) is 4.65. The van der Waals surface area contributed by atoms with Crippen LogP contribution in [0.3, 0.4) is 0 Å². The van der Waals surface area contributed by atoms with Gasteiger partial charge in [-0.1, -0.05) is 38.1 Å². The van der Waals surface area contributed by atoms with Crippen LogP contribution in [0.5, 0.6) is 0 Å². The van der Waals surface area contributed by atoms with E-state index >= 15 is 0 Å². The molecule has 2 unspecified atom stereocenters. The van der Waals surface area contributed by atoms with E-state index < -0.39 is 11.8 Å². The van der Waals surface area contributed by atoms with Crippen LogP contribution in [-0.2, 0) is 16.0 Å². The summed E-state index contributed by atoms with van der Waals surface area (Å²) in [5, 5.41) is 2.70. The highest BCUT2D eigenvalue weighted by Crippen LogP contribution is 2.35. The van der Waals surface area contributed by atoms with Crippen LogP contribution in [0.4, 0.5) is 11.5 Å². The summed E-state index contributed by atoms with van der Waals surface area (Å²) in [6.07, 6.45) is 5.85. The van der Waals surface area contributed by atoms with Crippen molar-refractivity contribution in [2.45, 2.75) is 39.2 Å². The van der Waals surface area contributed by atoms with Crippen LogP contribution in [0.25, 0.3) is 10.4 Å². The molecular formula is C24H27N5O2S. The number of benzene rings is 1. The Balaban J connectivity index is 1.52. The molecule has 1 fully saturated rings. The van der Waals surface area contributed by atoms with E-state index in [0.29, 0.717) is 30.4 Å². The molecule has 1 aromatic carbocycles. The average Bonchev–Trinajstić information content (AvgIpc) is 3.35. The van der Waals surface area contributed by atoms with Crippen molar-refractivity contribution in [3.05, 3.63) is 59.4 Å². The van der Waals surface area contributed by atoms with E-state index in [9.17, 15) is 9.59 Å². The van der Waals surface area contributed by atoms with Crippen molar-refractivity contribution in [1.29, 1.82) is 0 Å². The number of rotatable bonds is 4. The zero-order chi connectivity index (χ0) is 22.7. The molecule has 0 saturated carbocycles. The van der Waals surface area contributed by atoms with Gasteiger partial charge in [0.2, 0.25) is 0 Å². The first-order valence-corrected chi connectivity index (χ1v) is 11.7. The smallest absolute Gasteiger partial charge is 0.313 e. The molecule has 3 N–H and O–H groups in total. The van der Waals surface area contributed by atoms with Crippen LogP contribution in [0, 0.1) is 5.92 Å². The normalized spacial score (nSPS) is 18.4. The molecule has 7 nitrogen and oxygen atoms in total. The highest BCUT2D eigenvalue weighted by Gasteiger charge is 2.34. The lowest BCUT2D eigenvalue weighted by Gasteiger charge is -2.38. The zero-order valence-electron chi connectivity index (χ0n) is 18.2. The van der Waals surface area contributed by atoms with E-state index in [1.807, 2.05) is 30.8 Å². The van der Waals surface area contributed by atoms with Crippen LogP contribution < -0.4 is 11.1 Å². The van der Waals surface area contributed by atoms with Crippen LogP contribution >= 0.6 is 11.3 Å². The predicted molar refractivity (Wildman–Crippen MR) is 127 cm³/mol. The number of nitrogen functional groups attached to an aromatic ring is 1. The maximum absolute atomic E-state index is 13.2. The summed E-state index contributed by atoms with van der Waals surface area (Å²) in [6.45, 7) is 4.62. The maximum atomic E-state index is 13.2. The third-order valence-corrected chi connectivity index (χ3v) is 6.75. The molecule has 1 aliphatic heterocycles. The molecule has 2 amide bonds. The molecule has 0 radical (unpaired) electrons. The standard InChI is InChI=1S/C24H27N5O2S/c1-3-16-10-19(11-27-22(16)25)28-23(30)24(31)29-13-15(2)4-9-20(29)17-5-7-18(8-6-17)21-12-26-14-32-21/h5-8,10-12,14-15,20H,3-4,9,13H2,1-2H3,(H2,25,27)(H,28,30).